The minimum atomic E-state index is 0.324. The number of fused-ring (bicyclic) bond motifs is 6. The number of benzene rings is 6. The number of para-hydroxylation sites is 4. The molecule has 1 heterocycles. The van der Waals surface area contributed by atoms with E-state index in [4.69, 9.17) is 0 Å². The normalized spacial score (nSPS) is 13.9. The van der Waals surface area contributed by atoms with Gasteiger partial charge >= 0.3 is 0 Å². The van der Waals surface area contributed by atoms with E-state index in [1.165, 1.54) is 60.9 Å². The Morgan fingerprint density at radius 2 is 1.14 bits per heavy atom. The molecule has 0 radical (unpaired) electrons. The van der Waals surface area contributed by atoms with Crippen LogP contribution in [0.3, 0.4) is 0 Å². The molecule has 0 saturated carbocycles. The molecule has 1 N–H and O–H groups in total. The number of nitrogens with one attached hydrogen (secondary N) is 1. The molecule has 1 aromatic heterocycles. The number of H-pyrrole nitrogens is 1. The van der Waals surface area contributed by atoms with Gasteiger partial charge in [-0.2, -0.15) is 0 Å². The Morgan fingerprint density at radius 1 is 0.524 bits per heavy atom. The van der Waals surface area contributed by atoms with E-state index in [0.29, 0.717) is 11.8 Å². The van der Waals surface area contributed by atoms with Crippen molar-refractivity contribution >= 4 is 38.9 Å². The van der Waals surface area contributed by atoms with Crippen LogP contribution in [-0.2, 0) is 0 Å². The maximum atomic E-state index is 3.71. The molecular formula is C40H32N2. The van der Waals surface area contributed by atoms with E-state index in [2.05, 4.69) is 163 Å². The molecule has 1 aliphatic rings. The summed E-state index contributed by atoms with van der Waals surface area (Å²) in [5.74, 6) is 0.784. The van der Waals surface area contributed by atoms with E-state index in [1.807, 2.05) is 0 Å². The molecule has 0 bridgehead atoms. The lowest BCUT2D eigenvalue weighted by molar-refractivity contribution is 0.573. The van der Waals surface area contributed by atoms with Crippen LogP contribution in [0.25, 0.3) is 44.1 Å². The maximum Gasteiger partial charge on any atom is 0.0544 e. The predicted molar refractivity (Wildman–Crippen MR) is 178 cm³/mol. The van der Waals surface area contributed by atoms with Crippen LogP contribution < -0.4 is 4.90 Å². The van der Waals surface area contributed by atoms with E-state index in [-0.39, 0.29) is 0 Å². The van der Waals surface area contributed by atoms with E-state index in [1.54, 1.807) is 0 Å². The van der Waals surface area contributed by atoms with Gasteiger partial charge in [0.05, 0.1) is 5.52 Å². The highest BCUT2D eigenvalue weighted by atomic mass is 15.1. The summed E-state index contributed by atoms with van der Waals surface area (Å²) >= 11 is 0. The standard InChI is InChI=1S/C40H32N2/c1-26(2)39-36-24-27(31-17-11-18-35-34-16-9-10-19-38(34)41-40(31)35)20-22-32(36)33-23-21-30(25-37(33)39)42(28-12-5-3-6-13-28)29-14-7-4-8-15-29/h3-26,39,41H,1-2H3. The highest BCUT2D eigenvalue weighted by Gasteiger charge is 2.32. The topological polar surface area (TPSA) is 19.0 Å². The third-order valence-corrected chi connectivity index (χ3v) is 8.85. The summed E-state index contributed by atoms with van der Waals surface area (Å²) in [6.07, 6.45) is 0. The molecule has 2 heteroatoms. The Kier molecular flexibility index (Phi) is 5.75. The van der Waals surface area contributed by atoms with Crippen molar-refractivity contribution in [3.05, 3.63) is 151 Å². The molecule has 1 aliphatic carbocycles. The monoisotopic (exact) mass is 540 g/mol. The van der Waals surface area contributed by atoms with Gasteiger partial charge < -0.3 is 9.88 Å². The fourth-order valence-electron chi connectivity index (χ4n) is 7.03. The zero-order valence-electron chi connectivity index (χ0n) is 23.9. The number of anilines is 3. The van der Waals surface area contributed by atoms with Gasteiger partial charge in [-0.15, -0.1) is 0 Å². The van der Waals surface area contributed by atoms with Gasteiger partial charge in [0.25, 0.3) is 0 Å². The SMILES string of the molecule is CC(C)C1c2cc(-c3cccc4c3[nH]c3ccccc34)ccc2-c2ccc(N(c3ccccc3)c3ccccc3)cc21. The molecule has 1 atom stereocenters. The Bertz CT molecular complexity index is 2030. The van der Waals surface area contributed by atoms with Crippen LogP contribution in [0.15, 0.2) is 140 Å². The van der Waals surface area contributed by atoms with Crippen LogP contribution in [0.4, 0.5) is 17.1 Å². The second kappa shape index (κ2) is 9.78. The lowest BCUT2D eigenvalue weighted by atomic mass is 9.85. The predicted octanol–water partition coefficient (Wildman–Crippen LogP) is 11.2. The van der Waals surface area contributed by atoms with Crippen molar-refractivity contribution < 1.29 is 0 Å². The minimum Gasteiger partial charge on any atom is -0.354 e. The Hall–Kier alpha value is -5.08. The van der Waals surface area contributed by atoms with E-state index < -0.39 is 0 Å². The first-order valence-electron chi connectivity index (χ1n) is 14.9. The van der Waals surface area contributed by atoms with E-state index in [0.717, 1.165) is 11.4 Å². The quantitative estimate of drug-likeness (QED) is 0.230. The Balaban J connectivity index is 1.26. The molecule has 8 rings (SSSR count). The number of aromatic amines is 1. The fraction of sp³-hybridized carbons (Fsp3) is 0.100. The second-order valence-electron chi connectivity index (χ2n) is 11.7. The average molecular weight is 541 g/mol. The van der Waals surface area contributed by atoms with E-state index in [9.17, 15) is 0 Å². The van der Waals surface area contributed by atoms with Gasteiger partial charge in [-0.25, -0.2) is 0 Å². The number of hydrogen-bond donors (Lipinski definition) is 1. The van der Waals surface area contributed by atoms with Crippen molar-refractivity contribution in [1.29, 1.82) is 0 Å². The molecule has 0 saturated heterocycles. The summed E-state index contributed by atoms with van der Waals surface area (Å²) in [6, 6.07) is 50.8. The summed E-state index contributed by atoms with van der Waals surface area (Å²) in [5, 5.41) is 2.55. The number of hydrogen-bond acceptors (Lipinski definition) is 1. The van der Waals surface area contributed by atoms with Crippen LogP contribution in [-0.4, -0.2) is 4.98 Å². The molecule has 202 valence electrons. The van der Waals surface area contributed by atoms with Crippen LogP contribution in [0.5, 0.6) is 0 Å². The molecule has 7 aromatic rings. The highest BCUT2D eigenvalue weighted by molar-refractivity contribution is 6.11. The Labute approximate surface area is 246 Å². The van der Waals surface area contributed by atoms with Gasteiger partial charge in [0, 0.05) is 44.8 Å². The first-order chi connectivity index (χ1) is 20.7. The van der Waals surface area contributed by atoms with Gasteiger partial charge in [-0.05, 0) is 82.3 Å². The third-order valence-electron chi connectivity index (χ3n) is 8.85. The maximum absolute atomic E-state index is 3.71. The molecule has 6 aromatic carbocycles. The molecular weight excluding hydrogens is 508 g/mol. The zero-order chi connectivity index (χ0) is 28.2. The lowest BCUT2D eigenvalue weighted by Gasteiger charge is -2.27. The molecule has 1 unspecified atom stereocenters. The molecule has 0 spiro atoms. The van der Waals surface area contributed by atoms with Crippen LogP contribution in [0.2, 0.25) is 0 Å². The van der Waals surface area contributed by atoms with Gasteiger partial charge in [0.15, 0.2) is 0 Å². The lowest BCUT2D eigenvalue weighted by Crippen LogP contribution is -2.11. The summed E-state index contributed by atoms with van der Waals surface area (Å²) in [5.41, 5.74) is 14.0. The largest absolute Gasteiger partial charge is 0.354 e. The smallest absolute Gasteiger partial charge is 0.0544 e. The summed E-state index contributed by atoms with van der Waals surface area (Å²) in [4.78, 5) is 6.07. The molecule has 42 heavy (non-hydrogen) atoms. The van der Waals surface area contributed by atoms with Gasteiger partial charge in [-0.1, -0.05) is 105 Å². The van der Waals surface area contributed by atoms with Crippen molar-refractivity contribution in [1.82, 2.24) is 4.98 Å². The van der Waals surface area contributed by atoms with Gasteiger partial charge in [0.2, 0.25) is 0 Å². The van der Waals surface area contributed by atoms with Gasteiger partial charge in [0.1, 0.15) is 0 Å². The summed E-state index contributed by atoms with van der Waals surface area (Å²) in [7, 11) is 0. The summed E-state index contributed by atoms with van der Waals surface area (Å²) < 4.78 is 0. The average Bonchev–Trinajstić information content (AvgIpc) is 3.57. The first-order valence-corrected chi connectivity index (χ1v) is 14.9. The van der Waals surface area contributed by atoms with Crippen molar-refractivity contribution in [2.24, 2.45) is 5.92 Å². The molecule has 0 amide bonds. The summed E-state index contributed by atoms with van der Waals surface area (Å²) in [6.45, 7) is 4.71. The minimum absolute atomic E-state index is 0.324. The van der Waals surface area contributed by atoms with Crippen LogP contribution in [0, 0.1) is 5.92 Å². The Morgan fingerprint density at radius 3 is 1.86 bits per heavy atom. The van der Waals surface area contributed by atoms with Crippen molar-refractivity contribution in [2.75, 3.05) is 4.90 Å². The highest BCUT2D eigenvalue weighted by Crippen LogP contribution is 2.51. The van der Waals surface area contributed by atoms with Crippen LogP contribution >= 0.6 is 0 Å². The van der Waals surface area contributed by atoms with Gasteiger partial charge in [-0.3, -0.25) is 0 Å². The molecule has 0 fully saturated rings. The van der Waals surface area contributed by atoms with Crippen LogP contribution in [0.1, 0.15) is 30.9 Å². The molecule has 2 nitrogen and oxygen atoms in total. The van der Waals surface area contributed by atoms with E-state index >= 15 is 0 Å². The number of nitrogens with zero attached hydrogens (tertiary/aromatic N) is 1. The number of rotatable bonds is 5. The fourth-order valence-corrected chi connectivity index (χ4v) is 7.03. The molecule has 0 aliphatic heterocycles. The third kappa shape index (κ3) is 3.87. The zero-order valence-corrected chi connectivity index (χ0v) is 23.9. The van der Waals surface area contributed by atoms with Crippen molar-refractivity contribution in [2.45, 2.75) is 19.8 Å². The first kappa shape index (κ1) is 24.7. The van der Waals surface area contributed by atoms with Crippen molar-refractivity contribution in [3.8, 4) is 22.3 Å². The number of aromatic nitrogens is 1. The second-order valence-corrected chi connectivity index (χ2v) is 11.7. The van der Waals surface area contributed by atoms with Crippen molar-refractivity contribution in [3.63, 3.8) is 0 Å².